The fourth-order valence-electron chi connectivity index (χ4n) is 2.34. The fourth-order valence-corrected chi connectivity index (χ4v) is 2.61. The number of hydrogen-bond acceptors (Lipinski definition) is 3. The Balaban J connectivity index is 2.10. The van der Waals surface area contributed by atoms with Crippen LogP contribution in [0.5, 0.6) is 11.5 Å². The zero-order valence-electron chi connectivity index (χ0n) is 12.5. The molecule has 0 aliphatic heterocycles. The highest BCUT2D eigenvalue weighted by Crippen LogP contribution is 2.39. The van der Waals surface area contributed by atoms with Gasteiger partial charge < -0.3 is 14.5 Å². The van der Waals surface area contributed by atoms with Crippen molar-refractivity contribution < 1.29 is 9.47 Å². The SMILES string of the molecule is CCOc1cc(-c2nc3ccccc3[nH]2)cc(Cl)c1OCC. The Labute approximate surface area is 134 Å². The van der Waals surface area contributed by atoms with Crippen LogP contribution in [0.4, 0.5) is 0 Å². The van der Waals surface area contributed by atoms with E-state index in [2.05, 4.69) is 9.97 Å². The summed E-state index contributed by atoms with van der Waals surface area (Å²) in [6.07, 6.45) is 0. The van der Waals surface area contributed by atoms with E-state index in [4.69, 9.17) is 21.1 Å². The number of nitrogens with one attached hydrogen (secondary N) is 1. The summed E-state index contributed by atoms with van der Waals surface area (Å²) in [6, 6.07) is 11.6. The molecule has 0 saturated heterocycles. The smallest absolute Gasteiger partial charge is 0.179 e. The maximum Gasteiger partial charge on any atom is 0.179 e. The predicted molar refractivity (Wildman–Crippen MR) is 88.9 cm³/mol. The van der Waals surface area contributed by atoms with Crippen molar-refractivity contribution in [2.24, 2.45) is 0 Å². The predicted octanol–water partition coefficient (Wildman–Crippen LogP) is 4.68. The van der Waals surface area contributed by atoms with Crippen LogP contribution in [0, 0.1) is 0 Å². The maximum atomic E-state index is 6.35. The number of fused-ring (bicyclic) bond motifs is 1. The Hall–Kier alpha value is -2.20. The summed E-state index contributed by atoms with van der Waals surface area (Å²) < 4.78 is 11.2. The number of ether oxygens (including phenoxy) is 2. The first-order valence-corrected chi connectivity index (χ1v) is 7.65. The van der Waals surface area contributed by atoms with E-state index in [1.165, 1.54) is 0 Å². The monoisotopic (exact) mass is 316 g/mol. The minimum atomic E-state index is 0.517. The van der Waals surface area contributed by atoms with Crippen LogP contribution in [0.25, 0.3) is 22.4 Å². The highest BCUT2D eigenvalue weighted by atomic mass is 35.5. The van der Waals surface area contributed by atoms with E-state index in [-0.39, 0.29) is 0 Å². The molecule has 1 heterocycles. The van der Waals surface area contributed by atoms with E-state index in [9.17, 15) is 0 Å². The Morgan fingerprint density at radius 3 is 2.59 bits per heavy atom. The van der Waals surface area contributed by atoms with Crippen LogP contribution >= 0.6 is 11.6 Å². The lowest BCUT2D eigenvalue weighted by Gasteiger charge is -2.13. The van der Waals surface area contributed by atoms with Crippen LogP contribution in [0.1, 0.15) is 13.8 Å². The van der Waals surface area contributed by atoms with E-state index >= 15 is 0 Å². The number of rotatable bonds is 5. The average molecular weight is 317 g/mol. The number of aromatic nitrogens is 2. The number of halogens is 1. The Kier molecular flexibility index (Phi) is 4.20. The molecule has 4 nitrogen and oxygen atoms in total. The van der Waals surface area contributed by atoms with E-state index in [1.54, 1.807) is 0 Å². The minimum Gasteiger partial charge on any atom is -0.490 e. The van der Waals surface area contributed by atoms with Crippen molar-refractivity contribution in [2.75, 3.05) is 13.2 Å². The summed E-state index contributed by atoms with van der Waals surface area (Å²) in [5.41, 5.74) is 2.77. The van der Waals surface area contributed by atoms with Gasteiger partial charge in [0.05, 0.1) is 29.3 Å². The number of para-hydroxylation sites is 2. The molecule has 0 radical (unpaired) electrons. The van der Waals surface area contributed by atoms with Crippen LogP contribution < -0.4 is 9.47 Å². The molecular formula is C17H17ClN2O2. The van der Waals surface area contributed by atoms with E-state index in [0.29, 0.717) is 29.7 Å². The lowest BCUT2D eigenvalue weighted by atomic mass is 10.2. The molecule has 5 heteroatoms. The van der Waals surface area contributed by atoms with E-state index in [1.807, 2.05) is 50.2 Å². The molecule has 0 aliphatic rings. The lowest BCUT2D eigenvalue weighted by molar-refractivity contribution is 0.288. The summed E-state index contributed by atoms with van der Waals surface area (Å²) in [6.45, 7) is 4.92. The van der Waals surface area contributed by atoms with Crippen LogP contribution in [0.15, 0.2) is 36.4 Å². The van der Waals surface area contributed by atoms with Crippen molar-refractivity contribution in [3.05, 3.63) is 41.4 Å². The van der Waals surface area contributed by atoms with Gasteiger partial charge in [-0.2, -0.15) is 0 Å². The third kappa shape index (κ3) is 2.74. The van der Waals surface area contributed by atoms with Gasteiger partial charge in [0.2, 0.25) is 0 Å². The zero-order chi connectivity index (χ0) is 15.5. The molecule has 0 aliphatic carbocycles. The first kappa shape index (κ1) is 14.7. The van der Waals surface area contributed by atoms with Gasteiger partial charge in [-0.05, 0) is 38.1 Å². The van der Waals surface area contributed by atoms with Gasteiger partial charge >= 0.3 is 0 Å². The maximum absolute atomic E-state index is 6.35. The molecule has 2 aromatic carbocycles. The molecule has 0 unspecified atom stereocenters. The molecule has 0 bridgehead atoms. The summed E-state index contributed by atoms with van der Waals surface area (Å²) in [4.78, 5) is 7.88. The Bertz CT molecular complexity index is 765. The quantitative estimate of drug-likeness (QED) is 0.743. The van der Waals surface area contributed by atoms with Crippen molar-refractivity contribution in [2.45, 2.75) is 13.8 Å². The van der Waals surface area contributed by atoms with Gasteiger partial charge in [-0.25, -0.2) is 4.98 Å². The van der Waals surface area contributed by atoms with E-state index < -0.39 is 0 Å². The highest BCUT2D eigenvalue weighted by molar-refractivity contribution is 6.32. The molecule has 0 atom stereocenters. The second-order valence-electron chi connectivity index (χ2n) is 4.75. The summed E-state index contributed by atoms with van der Waals surface area (Å²) in [5.74, 6) is 1.96. The average Bonchev–Trinajstić information content (AvgIpc) is 2.94. The lowest BCUT2D eigenvalue weighted by Crippen LogP contribution is -1.99. The highest BCUT2D eigenvalue weighted by Gasteiger charge is 2.15. The van der Waals surface area contributed by atoms with Gasteiger partial charge in [0.25, 0.3) is 0 Å². The third-order valence-electron chi connectivity index (χ3n) is 3.26. The summed E-state index contributed by atoms with van der Waals surface area (Å²) in [5, 5.41) is 0.517. The molecule has 3 rings (SSSR count). The third-order valence-corrected chi connectivity index (χ3v) is 3.54. The van der Waals surface area contributed by atoms with E-state index in [0.717, 1.165) is 22.4 Å². The molecular weight excluding hydrogens is 300 g/mol. The summed E-state index contributed by atoms with van der Waals surface area (Å²) >= 11 is 6.35. The molecule has 0 fully saturated rings. The van der Waals surface area contributed by atoms with Crippen molar-refractivity contribution in [3.8, 4) is 22.9 Å². The molecule has 0 spiro atoms. The van der Waals surface area contributed by atoms with Gasteiger partial charge in [-0.3, -0.25) is 0 Å². The normalized spacial score (nSPS) is 10.9. The molecule has 0 saturated carbocycles. The Morgan fingerprint density at radius 2 is 1.86 bits per heavy atom. The fraction of sp³-hybridized carbons (Fsp3) is 0.235. The van der Waals surface area contributed by atoms with Crippen molar-refractivity contribution in [1.82, 2.24) is 9.97 Å². The van der Waals surface area contributed by atoms with Gasteiger partial charge in [0.15, 0.2) is 11.5 Å². The second kappa shape index (κ2) is 6.28. The van der Waals surface area contributed by atoms with Crippen LogP contribution in [0.3, 0.4) is 0 Å². The number of imidazole rings is 1. The topological polar surface area (TPSA) is 47.1 Å². The van der Waals surface area contributed by atoms with Gasteiger partial charge in [-0.1, -0.05) is 23.7 Å². The number of H-pyrrole nitrogens is 1. The zero-order valence-corrected chi connectivity index (χ0v) is 13.3. The molecule has 1 aromatic heterocycles. The van der Waals surface area contributed by atoms with Crippen LogP contribution in [-0.4, -0.2) is 23.2 Å². The number of aromatic amines is 1. The molecule has 22 heavy (non-hydrogen) atoms. The molecule has 1 N–H and O–H groups in total. The van der Waals surface area contributed by atoms with Crippen LogP contribution in [0.2, 0.25) is 5.02 Å². The van der Waals surface area contributed by atoms with Gasteiger partial charge in [0.1, 0.15) is 5.82 Å². The number of nitrogens with zero attached hydrogens (tertiary/aromatic N) is 1. The first-order valence-electron chi connectivity index (χ1n) is 7.27. The molecule has 0 amide bonds. The second-order valence-corrected chi connectivity index (χ2v) is 5.16. The van der Waals surface area contributed by atoms with Gasteiger partial charge in [0, 0.05) is 5.56 Å². The summed E-state index contributed by atoms with van der Waals surface area (Å²) in [7, 11) is 0. The van der Waals surface area contributed by atoms with Crippen molar-refractivity contribution >= 4 is 22.6 Å². The van der Waals surface area contributed by atoms with Gasteiger partial charge in [-0.15, -0.1) is 0 Å². The molecule has 3 aromatic rings. The minimum absolute atomic E-state index is 0.517. The molecule has 114 valence electrons. The van der Waals surface area contributed by atoms with Crippen LogP contribution in [-0.2, 0) is 0 Å². The number of benzene rings is 2. The largest absolute Gasteiger partial charge is 0.490 e. The standard InChI is InChI=1S/C17H17ClN2O2/c1-3-21-15-10-11(9-12(18)16(15)22-4-2)17-19-13-7-5-6-8-14(13)20-17/h5-10H,3-4H2,1-2H3,(H,19,20). The van der Waals surface area contributed by atoms with Crippen molar-refractivity contribution in [1.29, 1.82) is 0 Å². The Morgan fingerprint density at radius 1 is 1.09 bits per heavy atom. The number of hydrogen-bond donors (Lipinski definition) is 1. The first-order chi connectivity index (χ1) is 10.7. The van der Waals surface area contributed by atoms with Crippen molar-refractivity contribution in [3.63, 3.8) is 0 Å².